The van der Waals surface area contributed by atoms with E-state index < -0.39 is 7.14 Å². The zero-order chi connectivity index (χ0) is 25.0. The Morgan fingerprint density at radius 2 is 1.66 bits per heavy atom. The number of methoxy groups -OCH3 is 2. The van der Waals surface area contributed by atoms with Gasteiger partial charge in [-0.15, -0.1) is 0 Å². The summed E-state index contributed by atoms with van der Waals surface area (Å²) >= 11 is 6.39. The number of nitrogens with zero attached hydrogens (tertiary/aromatic N) is 3. The molecule has 1 aliphatic heterocycles. The summed E-state index contributed by atoms with van der Waals surface area (Å²) in [6, 6.07) is 11.3. The molecule has 2 N–H and O–H groups in total. The van der Waals surface area contributed by atoms with Gasteiger partial charge in [-0.1, -0.05) is 11.6 Å². The molecule has 0 saturated carbocycles. The van der Waals surface area contributed by atoms with Crippen LogP contribution in [0.2, 0.25) is 5.02 Å². The molecule has 11 heteroatoms. The lowest BCUT2D eigenvalue weighted by molar-refractivity contribution is 0.122. The first-order valence-electron chi connectivity index (χ1n) is 11.1. The molecule has 0 bridgehead atoms. The Hall–Kier alpha value is -3.00. The molecule has 0 spiro atoms. The maximum Gasteiger partial charge on any atom is 0.229 e. The molecular formula is C24H29ClN5O4P. The van der Waals surface area contributed by atoms with Crippen LogP contribution in [0.15, 0.2) is 42.6 Å². The molecule has 0 radical (unpaired) electrons. The van der Waals surface area contributed by atoms with E-state index >= 15 is 0 Å². The van der Waals surface area contributed by atoms with Crippen molar-refractivity contribution in [1.29, 1.82) is 0 Å². The second-order valence-corrected chi connectivity index (χ2v) is 12.0. The van der Waals surface area contributed by atoms with E-state index in [0.717, 1.165) is 29.8 Å². The lowest BCUT2D eigenvalue weighted by atomic mass is 10.2. The van der Waals surface area contributed by atoms with E-state index in [1.807, 2.05) is 24.3 Å². The van der Waals surface area contributed by atoms with Gasteiger partial charge in [0.05, 0.1) is 45.0 Å². The fourth-order valence-electron chi connectivity index (χ4n) is 3.68. The van der Waals surface area contributed by atoms with Crippen LogP contribution in [0.3, 0.4) is 0 Å². The van der Waals surface area contributed by atoms with Crippen molar-refractivity contribution in [2.45, 2.75) is 0 Å². The highest BCUT2D eigenvalue weighted by atomic mass is 35.5. The smallest absolute Gasteiger partial charge is 0.229 e. The minimum atomic E-state index is -2.42. The van der Waals surface area contributed by atoms with E-state index in [2.05, 4.69) is 25.5 Å². The molecule has 2 heterocycles. The highest BCUT2D eigenvalue weighted by Crippen LogP contribution is 2.38. The van der Waals surface area contributed by atoms with Crippen molar-refractivity contribution in [2.75, 3.05) is 69.4 Å². The molecule has 186 valence electrons. The van der Waals surface area contributed by atoms with Crippen LogP contribution in [0.5, 0.6) is 11.5 Å². The van der Waals surface area contributed by atoms with Gasteiger partial charge in [0.1, 0.15) is 23.7 Å². The average Bonchev–Trinajstić information content (AvgIpc) is 2.86. The molecular weight excluding hydrogens is 489 g/mol. The van der Waals surface area contributed by atoms with E-state index in [4.69, 9.17) is 25.8 Å². The number of morpholine rings is 1. The lowest BCUT2D eigenvalue weighted by Crippen LogP contribution is -2.36. The van der Waals surface area contributed by atoms with Crippen LogP contribution in [0.1, 0.15) is 0 Å². The molecule has 1 fully saturated rings. The van der Waals surface area contributed by atoms with E-state index in [0.29, 0.717) is 47.2 Å². The Morgan fingerprint density at radius 1 is 1.00 bits per heavy atom. The normalized spacial score (nSPS) is 13.9. The van der Waals surface area contributed by atoms with Gasteiger partial charge in [-0.2, -0.15) is 4.98 Å². The zero-order valence-electron chi connectivity index (χ0n) is 20.2. The summed E-state index contributed by atoms with van der Waals surface area (Å²) in [5, 5.41) is 7.48. The van der Waals surface area contributed by atoms with Crippen LogP contribution >= 0.6 is 18.7 Å². The molecule has 3 aromatic rings. The molecule has 35 heavy (non-hydrogen) atoms. The molecule has 4 rings (SSSR count). The van der Waals surface area contributed by atoms with Gasteiger partial charge >= 0.3 is 0 Å². The third kappa shape index (κ3) is 5.99. The molecule has 1 aromatic heterocycles. The zero-order valence-corrected chi connectivity index (χ0v) is 21.8. The van der Waals surface area contributed by atoms with Gasteiger partial charge in [0.15, 0.2) is 5.82 Å². The van der Waals surface area contributed by atoms with Crippen molar-refractivity contribution in [1.82, 2.24) is 9.97 Å². The highest BCUT2D eigenvalue weighted by Gasteiger charge is 2.17. The minimum absolute atomic E-state index is 0.322. The highest BCUT2D eigenvalue weighted by molar-refractivity contribution is 7.70. The number of nitrogens with one attached hydrogen (secondary N) is 2. The standard InChI is InChI=1S/C24H29ClN5O4P/c1-32-21-13-16(30-9-11-34-12-10-30)5-7-19(21)27-23-18(25)15-26-24(29-23)28-20-8-6-17(35(3,4)31)14-22(20)33-2/h5-8,13-15H,9-12H2,1-4H3,(H2,26,27,28,29). The summed E-state index contributed by atoms with van der Waals surface area (Å²) in [5.41, 5.74) is 2.43. The number of ether oxygens (including phenoxy) is 3. The van der Waals surface area contributed by atoms with Crippen molar-refractivity contribution in [3.63, 3.8) is 0 Å². The molecule has 0 unspecified atom stereocenters. The number of rotatable bonds is 8. The van der Waals surface area contributed by atoms with Gasteiger partial charge < -0.3 is 34.3 Å². The molecule has 1 saturated heterocycles. The first kappa shape index (κ1) is 25.1. The first-order chi connectivity index (χ1) is 16.8. The van der Waals surface area contributed by atoms with Gasteiger partial charge in [-0.25, -0.2) is 4.98 Å². The second kappa shape index (κ2) is 10.7. The maximum atomic E-state index is 12.4. The molecule has 1 aliphatic rings. The molecule has 9 nitrogen and oxygen atoms in total. The fraction of sp³-hybridized carbons (Fsp3) is 0.333. The topological polar surface area (TPSA) is 97.8 Å². The van der Waals surface area contributed by atoms with Crippen molar-refractivity contribution in [3.8, 4) is 11.5 Å². The van der Waals surface area contributed by atoms with Gasteiger partial charge in [0, 0.05) is 30.1 Å². The van der Waals surface area contributed by atoms with Gasteiger partial charge in [-0.05, 0) is 43.7 Å². The fourth-order valence-corrected chi connectivity index (χ4v) is 4.68. The predicted molar refractivity (Wildman–Crippen MR) is 142 cm³/mol. The van der Waals surface area contributed by atoms with Crippen LogP contribution < -0.4 is 30.3 Å². The van der Waals surface area contributed by atoms with E-state index in [9.17, 15) is 4.57 Å². The number of hydrogen-bond acceptors (Lipinski definition) is 9. The number of aromatic nitrogens is 2. The van der Waals surface area contributed by atoms with Crippen LogP contribution in [0.25, 0.3) is 0 Å². The lowest BCUT2D eigenvalue weighted by Gasteiger charge is -2.29. The third-order valence-electron chi connectivity index (χ3n) is 5.61. The van der Waals surface area contributed by atoms with E-state index in [1.54, 1.807) is 39.7 Å². The maximum absolute atomic E-state index is 12.4. The largest absolute Gasteiger partial charge is 0.495 e. The third-order valence-corrected chi connectivity index (χ3v) is 7.41. The second-order valence-electron chi connectivity index (χ2n) is 8.36. The quantitative estimate of drug-likeness (QED) is 0.411. The SMILES string of the molecule is COc1cc(P(C)(C)=O)ccc1Nc1ncc(Cl)c(Nc2ccc(N3CCOCC3)cc2OC)n1. The number of benzene rings is 2. The average molecular weight is 518 g/mol. The summed E-state index contributed by atoms with van der Waals surface area (Å²) < 4.78 is 29.0. The number of anilines is 5. The number of hydrogen-bond donors (Lipinski definition) is 2. The Bertz CT molecular complexity index is 1250. The molecule has 2 aromatic carbocycles. The van der Waals surface area contributed by atoms with Crippen molar-refractivity contribution in [2.24, 2.45) is 0 Å². The van der Waals surface area contributed by atoms with Crippen molar-refractivity contribution >= 4 is 52.9 Å². The van der Waals surface area contributed by atoms with Crippen molar-refractivity contribution < 1.29 is 18.8 Å². The number of halogens is 1. The predicted octanol–water partition coefficient (Wildman–Crippen LogP) is 4.72. The Kier molecular flexibility index (Phi) is 7.69. The summed E-state index contributed by atoms with van der Waals surface area (Å²) in [7, 11) is 0.761. The van der Waals surface area contributed by atoms with Crippen molar-refractivity contribution in [3.05, 3.63) is 47.6 Å². The van der Waals surface area contributed by atoms with Crippen LogP contribution in [-0.2, 0) is 9.30 Å². The monoisotopic (exact) mass is 517 g/mol. The molecule has 0 aliphatic carbocycles. The van der Waals surface area contributed by atoms with Gasteiger partial charge in [-0.3, -0.25) is 0 Å². The summed E-state index contributed by atoms with van der Waals surface area (Å²) in [5.74, 6) is 1.95. The van der Waals surface area contributed by atoms with E-state index in [-0.39, 0.29) is 0 Å². The van der Waals surface area contributed by atoms with Gasteiger partial charge in [0.25, 0.3) is 0 Å². The minimum Gasteiger partial charge on any atom is -0.495 e. The Morgan fingerprint density at radius 3 is 2.34 bits per heavy atom. The van der Waals surface area contributed by atoms with Crippen LogP contribution in [0.4, 0.5) is 28.8 Å². The Labute approximate surface area is 210 Å². The molecule has 0 atom stereocenters. The summed E-state index contributed by atoms with van der Waals surface area (Å²) in [6.45, 7) is 6.52. The van der Waals surface area contributed by atoms with Crippen LogP contribution in [-0.4, -0.2) is 63.8 Å². The molecule has 0 amide bonds. The first-order valence-corrected chi connectivity index (χ1v) is 14.1. The summed E-state index contributed by atoms with van der Waals surface area (Å²) in [6.07, 6.45) is 1.51. The van der Waals surface area contributed by atoms with Gasteiger partial charge in [0.2, 0.25) is 5.95 Å². The summed E-state index contributed by atoms with van der Waals surface area (Å²) in [4.78, 5) is 11.1. The van der Waals surface area contributed by atoms with Crippen LogP contribution in [0, 0.1) is 0 Å². The Balaban J connectivity index is 1.57. The van der Waals surface area contributed by atoms with E-state index in [1.165, 1.54) is 6.20 Å².